The van der Waals surface area contributed by atoms with Crippen LogP contribution in [0.3, 0.4) is 0 Å². The maximum Gasteiger partial charge on any atom is 0.328 e. The second kappa shape index (κ2) is 6.65. The third-order valence-corrected chi connectivity index (χ3v) is 1.28. The molecule has 0 aromatic heterocycles. The molecule has 0 saturated heterocycles. The van der Waals surface area contributed by atoms with E-state index in [1.54, 1.807) is 6.08 Å². The van der Waals surface area contributed by atoms with Crippen LogP contribution in [-0.2, 0) is 9.59 Å². The minimum Gasteiger partial charge on any atom is -0.478 e. The highest BCUT2D eigenvalue weighted by molar-refractivity contribution is 5.82. The molecule has 0 fully saturated rings. The van der Waals surface area contributed by atoms with Gasteiger partial charge in [-0.05, 0) is 24.1 Å². The average molecular weight is 196 g/mol. The first-order valence-corrected chi connectivity index (χ1v) is 4.08. The molecule has 0 amide bonds. The SMILES string of the molecule is CCC=C(C=CC(=O)O)C=CC(=O)O. The van der Waals surface area contributed by atoms with E-state index in [2.05, 4.69) is 0 Å². The number of hydrogen-bond acceptors (Lipinski definition) is 2. The van der Waals surface area contributed by atoms with Crippen molar-refractivity contribution in [1.82, 2.24) is 0 Å². The van der Waals surface area contributed by atoms with Gasteiger partial charge in [0.1, 0.15) is 0 Å². The summed E-state index contributed by atoms with van der Waals surface area (Å²) in [5.41, 5.74) is 0.567. The standard InChI is InChI=1S/C10H12O4/c1-2-3-8(4-6-9(11)12)5-7-10(13)14/h3-7H,2H2,1H3,(H,11,12)(H,13,14). The maximum atomic E-state index is 10.2. The molecule has 0 rings (SSSR count). The molecule has 0 saturated carbocycles. The summed E-state index contributed by atoms with van der Waals surface area (Å²) in [5, 5.41) is 16.7. The van der Waals surface area contributed by atoms with Crippen molar-refractivity contribution >= 4 is 11.9 Å². The maximum absolute atomic E-state index is 10.2. The molecule has 0 aliphatic carbocycles. The van der Waals surface area contributed by atoms with Gasteiger partial charge in [-0.1, -0.05) is 13.0 Å². The highest BCUT2D eigenvalue weighted by Gasteiger charge is 1.91. The normalized spacial score (nSPS) is 10.6. The van der Waals surface area contributed by atoms with Gasteiger partial charge in [0.05, 0.1) is 0 Å². The van der Waals surface area contributed by atoms with E-state index < -0.39 is 11.9 Å². The van der Waals surface area contributed by atoms with E-state index in [-0.39, 0.29) is 0 Å². The summed E-state index contributed by atoms with van der Waals surface area (Å²) in [6.45, 7) is 1.88. The van der Waals surface area contributed by atoms with Crippen LogP contribution in [0.4, 0.5) is 0 Å². The summed E-state index contributed by atoms with van der Waals surface area (Å²) in [6.07, 6.45) is 7.08. The molecule has 0 radical (unpaired) electrons. The summed E-state index contributed by atoms with van der Waals surface area (Å²) in [6, 6.07) is 0. The first-order chi connectivity index (χ1) is 6.56. The molecule has 0 bridgehead atoms. The van der Waals surface area contributed by atoms with Gasteiger partial charge in [-0.3, -0.25) is 0 Å². The molecule has 14 heavy (non-hydrogen) atoms. The molecule has 0 aromatic carbocycles. The minimum atomic E-state index is -1.06. The minimum absolute atomic E-state index is 0.567. The zero-order valence-electron chi connectivity index (χ0n) is 7.80. The summed E-state index contributed by atoms with van der Waals surface area (Å²) in [7, 11) is 0. The molecule has 0 spiro atoms. The number of carboxylic acid groups (broad SMARTS) is 2. The fourth-order valence-corrected chi connectivity index (χ4v) is 0.762. The number of carboxylic acids is 2. The van der Waals surface area contributed by atoms with Crippen molar-refractivity contribution in [2.24, 2.45) is 0 Å². The lowest BCUT2D eigenvalue weighted by Gasteiger charge is -1.91. The lowest BCUT2D eigenvalue weighted by Crippen LogP contribution is -1.88. The van der Waals surface area contributed by atoms with Gasteiger partial charge in [0.15, 0.2) is 0 Å². The molecule has 0 heterocycles. The van der Waals surface area contributed by atoms with Crippen LogP contribution in [0.25, 0.3) is 0 Å². The van der Waals surface area contributed by atoms with Crippen LogP contribution in [0.1, 0.15) is 13.3 Å². The van der Waals surface area contributed by atoms with E-state index in [1.165, 1.54) is 12.2 Å². The fourth-order valence-electron chi connectivity index (χ4n) is 0.762. The Morgan fingerprint density at radius 1 is 1.00 bits per heavy atom. The summed E-state index contributed by atoms with van der Waals surface area (Å²) >= 11 is 0. The van der Waals surface area contributed by atoms with Gasteiger partial charge in [-0.25, -0.2) is 9.59 Å². The summed E-state index contributed by atoms with van der Waals surface area (Å²) in [4.78, 5) is 20.4. The lowest BCUT2D eigenvalue weighted by atomic mass is 10.2. The van der Waals surface area contributed by atoms with Crippen molar-refractivity contribution in [3.05, 3.63) is 36.0 Å². The van der Waals surface area contributed by atoms with Gasteiger partial charge >= 0.3 is 11.9 Å². The van der Waals surface area contributed by atoms with Crippen molar-refractivity contribution in [3.8, 4) is 0 Å². The highest BCUT2D eigenvalue weighted by Crippen LogP contribution is 2.01. The monoisotopic (exact) mass is 196 g/mol. The molecule has 0 unspecified atom stereocenters. The van der Waals surface area contributed by atoms with E-state index in [0.29, 0.717) is 12.0 Å². The second-order valence-corrected chi connectivity index (χ2v) is 2.46. The van der Waals surface area contributed by atoms with Crippen LogP contribution in [-0.4, -0.2) is 22.2 Å². The van der Waals surface area contributed by atoms with E-state index in [9.17, 15) is 9.59 Å². The van der Waals surface area contributed by atoms with Crippen molar-refractivity contribution in [2.75, 3.05) is 0 Å². The smallest absolute Gasteiger partial charge is 0.328 e. The third-order valence-electron chi connectivity index (χ3n) is 1.28. The molecule has 76 valence electrons. The number of aliphatic carboxylic acids is 2. The Balaban J connectivity index is 4.54. The van der Waals surface area contributed by atoms with Gasteiger partial charge in [0.25, 0.3) is 0 Å². The molecule has 4 heteroatoms. The summed E-state index contributed by atoms with van der Waals surface area (Å²) < 4.78 is 0. The Kier molecular flexibility index (Phi) is 5.78. The highest BCUT2D eigenvalue weighted by atomic mass is 16.4. The lowest BCUT2D eigenvalue weighted by molar-refractivity contribution is -0.132. The zero-order chi connectivity index (χ0) is 11.0. The van der Waals surface area contributed by atoms with Crippen LogP contribution in [0, 0.1) is 0 Å². The van der Waals surface area contributed by atoms with E-state index in [4.69, 9.17) is 10.2 Å². The molecule has 0 atom stereocenters. The molecule has 4 nitrogen and oxygen atoms in total. The number of carbonyl (C=O) groups is 2. The Morgan fingerprint density at radius 2 is 1.43 bits per heavy atom. The quantitative estimate of drug-likeness (QED) is 0.517. The second-order valence-electron chi connectivity index (χ2n) is 2.46. The first kappa shape index (κ1) is 12.2. The number of rotatable bonds is 5. The van der Waals surface area contributed by atoms with Crippen LogP contribution in [0.2, 0.25) is 0 Å². The molecule has 2 N–H and O–H groups in total. The fraction of sp³-hybridized carbons (Fsp3) is 0.200. The van der Waals surface area contributed by atoms with Crippen LogP contribution < -0.4 is 0 Å². The van der Waals surface area contributed by atoms with Gasteiger partial charge < -0.3 is 10.2 Å². The van der Waals surface area contributed by atoms with Crippen molar-refractivity contribution in [3.63, 3.8) is 0 Å². The van der Waals surface area contributed by atoms with Crippen molar-refractivity contribution in [1.29, 1.82) is 0 Å². The van der Waals surface area contributed by atoms with Crippen molar-refractivity contribution in [2.45, 2.75) is 13.3 Å². The predicted octanol–water partition coefficient (Wildman–Crippen LogP) is 1.60. The van der Waals surface area contributed by atoms with Gasteiger partial charge in [-0.15, -0.1) is 0 Å². The topological polar surface area (TPSA) is 74.6 Å². The molecular weight excluding hydrogens is 184 g/mol. The van der Waals surface area contributed by atoms with Gasteiger partial charge in [0.2, 0.25) is 0 Å². The first-order valence-electron chi connectivity index (χ1n) is 4.08. The van der Waals surface area contributed by atoms with Gasteiger partial charge in [0, 0.05) is 12.2 Å². The molecule has 0 aliphatic heterocycles. The van der Waals surface area contributed by atoms with E-state index in [1.807, 2.05) is 6.92 Å². The van der Waals surface area contributed by atoms with Crippen LogP contribution in [0.15, 0.2) is 36.0 Å². The Bertz CT molecular complexity index is 271. The molecule has 0 aliphatic rings. The largest absolute Gasteiger partial charge is 0.478 e. The van der Waals surface area contributed by atoms with E-state index in [0.717, 1.165) is 12.2 Å². The Labute approximate surface area is 81.9 Å². The number of allylic oxidation sites excluding steroid dienone is 4. The zero-order valence-corrected chi connectivity index (χ0v) is 7.80. The Hall–Kier alpha value is -1.84. The average Bonchev–Trinajstić information content (AvgIpc) is 2.09. The van der Waals surface area contributed by atoms with E-state index >= 15 is 0 Å². The molecular formula is C10H12O4. The Morgan fingerprint density at radius 3 is 1.71 bits per heavy atom. The third kappa shape index (κ3) is 6.84. The summed E-state index contributed by atoms with van der Waals surface area (Å²) in [5.74, 6) is -2.12. The van der Waals surface area contributed by atoms with Crippen LogP contribution >= 0.6 is 0 Å². The number of hydrogen-bond donors (Lipinski definition) is 2. The predicted molar refractivity (Wildman–Crippen MR) is 51.9 cm³/mol. The molecule has 0 aromatic rings. The van der Waals surface area contributed by atoms with Gasteiger partial charge in [-0.2, -0.15) is 0 Å². The van der Waals surface area contributed by atoms with Crippen LogP contribution in [0.5, 0.6) is 0 Å². The van der Waals surface area contributed by atoms with Crippen molar-refractivity contribution < 1.29 is 19.8 Å².